The zero-order valence-electron chi connectivity index (χ0n) is 18.4. The summed E-state index contributed by atoms with van der Waals surface area (Å²) in [5, 5.41) is 2.68. The van der Waals surface area contributed by atoms with Gasteiger partial charge in [-0.05, 0) is 67.4 Å². The largest absolute Gasteiger partial charge is 0.480 e. The average molecular weight is 493 g/mol. The second-order valence-electron chi connectivity index (χ2n) is 7.48. The van der Waals surface area contributed by atoms with E-state index in [2.05, 4.69) is 10.0 Å². The van der Waals surface area contributed by atoms with Crippen LogP contribution in [0.1, 0.15) is 24.5 Å². The van der Waals surface area contributed by atoms with Crippen LogP contribution in [0.3, 0.4) is 0 Å². The number of rotatable bonds is 8. The first-order chi connectivity index (χ1) is 16.0. The number of carbonyl (C=O) groups is 1. The molecule has 1 atom stereocenters. The van der Waals surface area contributed by atoms with Crippen molar-refractivity contribution >= 4 is 27.3 Å². The van der Waals surface area contributed by atoms with Crippen LogP contribution in [0, 0.1) is 6.92 Å². The highest BCUT2D eigenvalue weighted by Gasteiger charge is 2.30. The zero-order valence-corrected chi connectivity index (χ0v) is 19.2. The van der Waals surface area contributed by atoms with Gasteiger partial charge in [-0.25, -0.2) is 8.42 Å². The van der Waals surface area contributed by atoms with Crippen molar-refractivity contribution in [2.75, 3.05) is 10.0 Å². The van der Waals surface area contributed by atoms with Crippen LogP contribution in [0.5, 0.6) is 5.75 Å². The van der Waals surface area contributed by atoms with Crippen molar-refractivity contribution in [1.29, 1.82) is 0 Å². The van der Waals surface area contributed by atoms with Gasteiger partial charge in [0.05, 0.1) is 10.5 Å². The molecule has 0 saturated carbocycles. The number of alkyl halides is 3. The molecule has 6 nitrogen and oxygen atoms in total. The molecule has 34 heavy (non-hydrogen) atoms. The molecule has 0 aromatic heterocycles. The van der Waals surface area contributed by atoms with Gasteiger partial charge in [-0.1, -0.05) is 31.2 Å². The predicted octanol–water partition coefficient (Wildman–Crippen LogP) is 5.61. The lowest BCUT2D eigenvalue weighted by Crippen LogP contribution is -2.32. The van der Waals surface area contributed by atoms with Gasteiger partial charge < -0.3 is 10.1 Å². The molecule has 3 aromatic carbocycles. The fourth-order valence-electron chi connectivity index (χ4n) is 3.08. The van der Waals surface area contributed by atoms with Gasteiger partial charge in [0.25, 0.3) is 15.9 Å². The SMILES string of the molecule is CC[C@H](Oc1ccccc1C)C(=O)Nc1ccc(S(=O)(=O)Nc2cccc(C(F)(F)F)c2)cc1. The van der Waals surface area contributed by atoms with Gasteiger partial charge in [-0.3, -0.25) is 9.52 Å². The van der Waals surface area contributed by atoms with Crippen LogP contribution in [0.4, 0.5) is 24.5 Å². The molecule has 0 aliphatic heterocycles. The molecule has 0 fully saturated rings. The lowest BCUT2D eigenvalue weighted by molar-refractivity contribution is -0.137. The number of anilines is 2. The summed E-state index contributed by atoms with van der Waals surface area (Å²) in [6, 6.07) is 16.5. The Kier molecular flexibility index (Phi) is 7.51. The van der Waals surface area contributed by atoms with E-state index in [1.165, 1.54) is 30.3 Å². The number of para-hydroxylation sites is 1. The standard InChI is InChI=1S/C24H23F3N2O4S/c1-3-21(33-22-10-5-4-7-16(22)2)23(30)28-18-11-13-20(14-12-18)34(31,32)29-19-9-6-8-17(15-19)24(25,26)27/h4-15,21,29H,3H2,1-2H3,(H,28,30)/t21-/m0/s1. The first-order valence-corrected chi connectivity index (χ1v) is 11.8. The van der Waals surface area contributed by atoms with E-state index < -0.39 is 33.8 Å². The molecular weight excluding hydrogens is 469 g/mol. The van der Waals surface area contributed by atoms with Crippen molar-refractivity contribution in [2.45, 2.75) is 37.4 Å². The summed E-state index contributed by atoms with van der Waals surface area (Å²) in [5.41, 5.74) is 0.0435. The summed E-state index contributed by atoms with van der Waals surface area (Å²) >= 11 is 0. The lowest BCUT2D eigenvalue weighted by atomic mass is 10.2. The van der Waals surface area contributed by atoms with Crippen molar-refractivity contribution < 1.29 is 31.1 Å². The third-order valence-corrected chi connectivity index (χ3v) is 6.30. The normalized spacial score (nSPS) is 12.6. The van der Waals surface area contributed by atoms with Crippen LogP contribution in [0.2, 0.25) is 0 Å². The minimum Gasteiger partial charge on any atom is -0.480 e. The van der Waals surface area contributed by atoms with Gasteiger partial charge in [-0.2, -0.15) is 13.2 Å². The Morgan fingerprint density at radius 1 is 0.971 bits per heavy atom. The lowest BCUT2D eigenvalue weighted by Gasteiger charge is -2.18. The van der Waals surface area contributed by atoms with Crippen LogP contribution in [0.25, 0.3) is 0 Å². The third kappa shape index (κ3) is 6.28. The molecule has 0 saturated heterocycles. The Balaban J connectivity index is 1.69. The maximum atomic E-state index is 12.9. The molecule has 2 N–H and O–H groups in total. The number of halogens is 3. The number of hydrogen-bond donors (Lipinski definition) is 2. The Morgan fingerprint density at radius 2 is 1.65 bits per heavy atom. The van der Waals surface area contributed by atoms with Gasteiger partial charge in [0, 0.05) is 11.4 Å². The number of carbonyl (C=O) groups excluding carboxylic acids is 1. The molecule has 3 aromatic rings. The molecular formula is C24H23F3N2O4S. The smallest absolute Gasteiger partial charge is 0.416 e. The maximum Gasteiger partial charge on any atom is 0.416 e. The van der Waals surface area contributed by atoms with Crippen LogP contribution in [-0.4, -0.2) is 20.4 Å². The van der Waals surface area contributed by atoms with Gasteiger partial charge in [-0.15, -0.1) is 0 Å². The number of aryl methyl sites for hydroxylation is 1. The van der Waals surface area contributed by atoms with Crippen molar-refractivity contribution in [1.82, 2.24) is 0 Å². The maximum absolute atomic E-state index is 12.9. The van der Waals surface area contributed by atoms with E-state index in [4.69, 9.17) is 4.74 Å². The van der Waals surface area contributed by atoms with E-state index in [1.54, 1.807) is 19.1 Å². The highest BCUT2D eigenvalue weighted by Crippen LogP contribution is 2.31. The number of amides is 1. The summed E-state index contributed by atoms with van der Waals surface area (Å²) in [6.45, 7) is 3.67. The first kappa shape index (κ1) is 25.1. The Bertz CT molecular complexity index is 1260. The highest BCUT2D eigenvalue weighted by atomic mass is 32.2. The molecule has 0 spiro atoms. The molecule has 0 aliphatic rings. The van der Waals surface area contributed by atoms with E-state index >= 15 is 0 Å². The number of sulfonamides is 1. The second kappa shape index (κ2) is 10.2. The van der Waals surface area contributed by atoms with Gasteiger partial charge in [0.15, 0.2) is 6.10 Å². The van der Waals surface area contributed by atoms with Crippen LogP contribution in [0.15, 0.2) is 77.7 Å². The zero-order chi connectivity index (χ0) is 24.9. The fraction of sp³-hybridized carbons (Fsp3) is 0.208. The topological polar surface area (TPSA) is 84.5 Å². The number of hydrogen-bond acceptors (Lipinski definition) is 4. The van der Waals surface area contributed by atoms with Crippen molar-refractivity contribution in [3.63, 3.8) is 0 Å². The number of benzene rings is 3. The number of nitrogens with one attached hydrogen (secondary N) is 2. The minimum absolute atomic E-state index is 0.175. The monoisotopic (exact) mass is 492 g/mol. The van der Waals surface area contributed by atoms with E-state index in [0.29, 0.717) is 23.9 Å². The quantitative estimate of drug-likeness (QED) is 0.428. The Morgan fingerprint density at radius 3 is 2.26 bits per heavy atom. The minimum atomic E-state index is -4.60. The van der Waals surface area contributed by atoms with Crippen LogP contribution >= 0.6 is 0 Å². The molecule has 180 valence electrons. The van der Waals surface area contributed by atoms with Crippen LogP contribution in [-0.2, 0) is 21.0 Å². The van der Waals surface area contributed by atoms with Crippen LogP contribution < -0.4 is 14.8 Å². The fourth-order valence-corrected chi connectivity index (χ4v) is 4.13. The summed E-state index contributed by atoms with van der Waals surface area (Å²) in [4.78, 5) is 12.5. The number of ether oxygens (including phenoxy) is 1. The Hall–Kier alpha value is -3.53. The van der Waals surface area contributed by atoms with Crippen molar-refractivity contribution in [2.24, 2.45) is 0 Å². The highest BCUT2D eigenvalue weighted by molar-refractivity contribution is 7.92. The van der Waals surface area contributed by atoms with Gasteiger partial charge >= 0.3 is 6.18 Å². The molecule has 0 radical (unpaired) electrons. The molecule has 0 heterocycles. The van der Waals surface area contributed by atoms with E-state index in [9.17, 15) is 26.4 Å². The van der Waals surface area contributed by atoms with Crippen molar-refractivity contribution in [3.8, 4) is 5.75 Å². The average Bonchev–Trinajstić information content (AvgIpc) is 2.78. The third-order valence-electron chi connectivity index (χ3n) is 4.90. The molecule has 0 aliphatic carbocycles. The van der Waals surface area contributed by atoms with E-state index in [-0.39, 0.29) is 10.6 Å². The molecule has 1 amide bonds. The van der Waals surface area contributed by atoms with E-state index in [1.807, 2.05) is 19.1 Å². The van der Waals surface area contributed by atoms with E-state index in [0.717, 1.165) is 17.7 Å². The van der Waals surface area contributed by atoms with Crippen molar-refractivity contribution in [3.05, 3.63) is 83.9 Å². The van der Waals surface area contributed by atoms with Gasteiger partial charge in [0.2, 0.25) is 0 Å². The molecule has 10 heteroatoms. The van der Waals surface area contributed by atoms with Gasteiger partial charge in [0.1, 0.15) is 5.75 Å². The molecule has 0 bridgehead atoms. The molecule has 0 unspecified atom stereocenters. The molecule has 3 rings (SSSR count). The second-order valence-corrected chi connectivity index (χ2v) is 9.16. The Labute approximate surface area is 195 Å². The summed E-state index contributed by atoms with van der Waals surface area (Å²) in [7, 11) is -4.14. The predicted molar refractivity (Wildman–Crippen MR) is 123 cm³/mol. The summed E-state index contributed by atoms with van der Waals surface area (Å²) < 4.78 is 71.7. The first-order valence-electron chi connectivity index (χ1n) is 10.3. The summed E-state index contributed by atoms with van der Waals surface area (Å²) in [5.74, 6) is 0.190. The summed E-state index contributed by atoms with van der Waals surface area (Å²) in [6.07, 6.45) is -4.94.